The molecule has 0 radical (unpaired) electrons. The average Bonchev–Trinajstić information content (AvgIpc) is 2.08. The van der Waals surface area contributed by atoms with Crippen molar-refractivity contribution in [3.8, 4) is 0 Å². The van der Waals surface area contributed by atoms with E-state index in [2.05, 4.69) is 15.9 Å². The molecule has 6 heteroatoms. The Morgan fingerprint density at radius 3 is 2.62 bits per heavy atom. The molecule has 0 saturated carbocycles. The van der Waals surface area contributed by atoms with Crippen molar-refractivity contribution in [2.24, 2.45) is 0 Å². The van der Waals surface area contributed by atoms with E-state index in [-0.39, 0.29) is 16.3 Å². The summed E-state index contributed by atoms with van der Waals surface area (Å²) >= 11 is 2.78. The monoisotopic (exact) mass is 247 g/mol. The van der Waals surface area contributed by atoms with Crippen LogP contribution in [0.15, 0.2) is 16.6 Å². The van der Waals surface area contributed by atoms with Gasteiger partial charge in [-0.25, -0.2) is 4.39 Å². The summed E-state index contributed by atoms with van der Waals surface area (Å²) in [7, 11) is 0. The molecule has 0 spiro atoms. The van der Waals surface area contributed by atoms with E-state index in [0.717, 1.165) is 12.1 Å². The lowest BCUT2D eigenvalue weighted by Crippen LogP contribution is -1.95. The van der Waals surface area contributed by atoms with Gasteiger partial charge >= 0.3 is 0 Å². The van der Waals surface area contributed by atoms with Crippen molar-refractivity contribution in [1.82, 2.24) is 0 Å². The first-order valence-corrected chi connectivity index (χ1v) is 3.94. The van der Waals surface area contributed by atoms with Crippen LogP contribution < -0.4 is 0 Å². The Bertz CT molecular complexity index is 380. The van der Waals surface area contributed by atoms with Crippen molar-refractivity contribution in [3.05, 3.63) is 38.1 Å². The lowest BCUT2D eigenvalue weighted by molar-refractivity contribution is -0.385. The molecule has 0 aliphatic carbocycles. The summed E-state index contributed by atoms with van der Waals surface area (Å²) in [6.45, 7) is 0. The van der Waals surface area contributed by atoms with Crippen molar-refractivity contribution in [2.45, 2.75) is 0 Å². The molecule has 0 aliphatic rings. The highest BCUT2D eigenvalue weighted by atomic mass is 79.9. The first-order chi connectivity index (χ1) is 6.06. The molecule has 0 N–H and O–H groups in total. The minimum atomic E-state index is -0.742. The van der Waals surface area contributed by atoms with Crippen LogP contribution in [0.1, 0.15) is 10.4 Å². The molecule has 0 aromatic heterocycles. The molecular formula is C7H3BrFNO3. The standard InChI is InChI=1S/C7H3BrFNO3/c8-5-2-7(10(12)13)4(3-11)1-6(5)9/h1-3H. The molecule has 0 aliphatic heterocycles. The van der Waals surface area contributed by atoms with Gasteiger partial charge in [-0.2, -0.15) is 0 Å². The fourth-order valence-electron chi connectivity index (χ4n) is 0.804. The number of nitro benzene ring substituents is 1. The highest BCUT2D eigenvalue weighted by Crippen LogP contribution is 2.25. The summed E-state index contributed by atoms with van der Waals surface area (Å²) < 4.78 is 12.7. The highest BCUT2D eigenvalue weighted by molar-refractivity contribution is 9.10. The minimum absolute atomic E-state index is 0.0372. The first kappa shape index (κ1) is 9.79. The second-order valence-corrected chi connectivity index (χ2v) is 3.05. The van der Waals surface area contributed by atoms with Crippen molar-refractivity contribution < 1.29 is 14.1 Å². The summed E-state index contributed by atoms with van der Waals surface area (Å²) in [4.78, 5) is 19.9. The number of carbonyl (C=O) groups is 1. The molecule has 1 aromatic carbocycles. The van der Waals surface area contributed by atoms with Crippen molar-refractivity contribution in [2.75, 3.05) is 0 Å². The van der Waals surface area contributed by atoms with E-state index in [1.807, 2.05) is 0 Å². The van der Waals surface area contributed by atoms with Gasteiger partial charge in [0.1, 0.15) is 5.82 Å². The molecule has 0 saturated heterocycles. The molecule has 0 fully saturated rings. The number of halogens is 2. The molecule has 0 heterocycles. The van der Waals surface area contributed by atoms with Gasteiger partial charge in [0.25, 0.3) is 5.69 Å². The zero-order valence-electron chi connectivity index (χ0n) is 6.16. The normalized spacial score (nSPS) is 9.69. The number of nitrogens with zero attached hydrogens (tertiary/aromatic N) is 1. The van der Waals surface area contributed by atoms with Crippen LogP contribution in [-0.2, 0) is 0 Å². The van der Waals surface area contributed by atoms with Gasteiger partial charge in [-0.15, -0.1) is 0 Å². The second kappa shape index (κ2) is 3.61. The Kier molecular flexibility index (Phi) is 2.72. The molecule has 0 amide bonds. The van der Waals surface area contributed by atoms with Gasteiger partial charge in [0.2, 0.25) is 0 Å². The van der Waals surface area contributed by atoms with Crippen molar-refractivity contribution in [1.29, 1.82) is 0 Å². The van der Waals surface area contributed by atoms with Gasteiger partial charge in [-0.05, 0) is 22.0 Å². The molecule has 0 unspecified atom stereocenters. The number of benzene rings is 1. The van der Waals surface area contributed by atoms with E-state index in [0.29, 0.717) is 0 Å². The lowest BCUT2D eigenvalue weighted by Gasteiger charge is -1.97. The van der Waals surface area contributed by atoms with Gasteiger partial charge in [0, 0.05) is 6.07 Å². The van der Waals surface area contributed by atoms with Gasteiger partial charge < -0.3 is 0 Å². The summed E-state index contributed by atoms with van der Waals surface area (Å²) in [5, 5.41) is 10.3. The Labute approximate surface area is 80.6 Å². The molecular weight excluding hydrogens is 245 g/mol. The summed E-state index contributed by atoms with van der Waals surface area (Å²) in [5.74, 6) is -0.701. The largest absolute Gasteiger partial charge is 0.298 e. The van der Waals surface area contributed by atoms with Gasteiger partial charge in [-0.3, -0.25) is 14.9 Å². The lowest BCUT2D eigenvalue weighted by atomic mass is 10.2. The quantitative estimate of drug-likeness (QED) is 0.458. The number of rotatable bonds is 2. The summed E-state index contributed by atoms with van der Waals surface area (Å²) in [6.07, 6.45) is 0.244. The highest BCUT2D eigenvalue weighted by Gasteiger charge is 2.16. The van der Waals surface area contributed by atoms with Crippen LogP contribution >= 0.6 is 15.9 Å². The Hall–Kier alpha value is -1.30. The number of hydrogen-bond acceptors (Lipinski definition) is 3. The molecule has 68 valence electrons. The van der Waals surface area contributed by atoms with Crippen LogP contribution in [0, 0.1) is 15.9 Å². The predicted molar refractivity (Wildman–Crippen MR) is 46.1 cm³/mol. The summed E-state index contributed by atoms with van der Waals surface area (Å²) in [5.41, 5.74) is -0.686. The first-order valence-electron chi connectivity index (χ1n) is 3.15. The van der Waals surface area contributed by atoms with E-state index < -0.39 is 16.4 Å². The van der Waals surface area contributed by atoms with E-state index in [9.17, 15) is 19.3 Å². The maximum Gasteiger partial charge on any atom is 0.281 e. The third-order valence-electron chi connectivity index (χ3n) is 1.39. The van der Waals surface area contributed by atoms with Gasteiger partial charge in [-0.1, -0.05) is 0 Å². The van der Waals surface area contributed by atoms with Crippen LogP contribution in [0.3, 0.4) is 0 Å². The zero-order valence-corrected chi connectivity index (χ0v) is 7.75. The fourth-order valence-corrected chi connectivity index (χ4v) is 1.14. The van der Waals surface area contributed by atoms with Crippen LogP contribution in [0.5, 0.6) is 0 Å². The van der Waals surface area contributed by atoms with Crippen molar-refractivity contribution in [3.63, 3.8) is 0 Å². The van der Waals surface area contributed by atoms with Gasteiger partial charge in [0.05, 0.1) is 15.0 Å². The topological polar surface area (TPSA) is 60.2 Å². The molecule has 0 bridgehead atoms. The second-order valence-electron chi connectivity index (χ2n) is 2.20. The third kappa shape index (κ3) is 1.89. The molecule has 4 nitrogen and oxygen atoms in total. The third-order valence-corrected chi connectivity index (χ3v) is 2.00. The predicted octanol–water partition coefficient (Wildman–Crippen LogP) is 2.31. The van der Waals surface area contributed by atoms with Crippen LogP contribution in [0.4, 0.5) is 10.1 Å². The number of aldehydes is 1. The van der Waals surface area contributed by atoms with Crippen LogP contribution in [0.25, 0.3) is 0 Å². The smallest absolute Gasteiger partial charge is 0.281 e. The maximum absolute atomic E-state index is 12.8. The van der Waals surface area contributed by atoms with E-state index >= 15 is 0 Å². The van der Waals surface area contributed by atoms with Crippen LogP contribution in [-0.4, -0.2) is 11.2 Å². The van der Waals surface area contributed by atoms with Crippen LogP contribution in [0.2, 0.25) is 0 Å². The van der Waals surface area contributed by atoms with Crippen molar-refractivity contribution >= 4 is 27.9 Å². The summed E-state index contributed by atoms with van der Waals surface area (Å²) in [6, 6.07) is 1.77. The maximum atomic E-state index is 12.8. The Balaban J connectivity index is 3.41. The van der Waals surface area contributed by atoms with Gasteiger partial charge in [0.15, 0.2) is 6.29 Å². The average molecular weight is 248 g/mol. The number of carbonyl (C=O) groups excluding carboxylic acids is 1. The Morgan fingerprint density at radius 1 is 1.54 bits per heavy atom. The SMILES string of the molecule is O=Cc1cc(F)c(Br)cc1[N+](=O)[O-]. The molecule has 13 heavy (non-hydrogen) atoms. The molecule has 1 aromatic rings. The molecule has 1 rings (SSSR count). The number of nitro groups is 1. The minimum Gasteiger partial charge on any atom is -0.298 e. The van der Waals surface area contributed by atoms with E-state index in [1.165, 1.54) is 0 Å². The van der Waals surface area contributed by atoms with E-state index in [1.54, 1.807) is 0 Å². The number of hydrogen-bond donors (Lipinski definition) is 0. The Morgan fingerprint density at radius 2 is 2.15 bits per heavy atom. The fraction of sp³-hybridized carbons (Fsp3) is 0. The van der Waals surface area contributed by atoms with E-state index in [4.69, 9.17) is 0 Å². The zero-order chi connectivity index (χ0) is 10.0. The molecule has 0 atom stereocenters.